The average molecular weight is 279 g/mol. The molecule has 0 aliphatic heterocycles. The summed E-state index contributed by atoms with van der Waals surface area (Å²) in [7, 11) is 0. The van der Waals surface area contributed by atoms with Crippen molar-refractivity contribution in [1.82, 2.24) is 14.4 Å². The summed E-state index contributed by atoms with van der Waals surface area (Å²) in [6.07, 6.45) is 5.30. The van der Waals surface area contributed by atoms with Crippen LogP contribution in [0, 0.1) is 0 Å². The molecule has 1 aromatic carbocycles. The van der Waals surface area contributed by atoms with E-state index < -0.39 is 0 Å². The van der Waals surface area contributed by atoms with Gasteiger partial charge in [0, 0.05) is 12.4 Å². The molecule has 0 spiro atoms. The SMILES string of the molecule is O=c1/c(=C\c2cccnc2)sc2nc3ccccc3n12. The third-order valence-electron chi connectivity index (χ3n) is 3.13. The number of imidazole rings is 1. The van der Waals surface area contributed by atoms with Crippen LogP contribution in [0.25, 0.3) is 22.1 Å². The van der Waals surface area contributed by atoms with Crippen molar-refractivity contribution in [2.75, 3.05) is 0 Å². The molecule has 0 amide bonds. The van der Waals surface area contributed by atoms with Crippen LogP contribution < -0.4 is 10.1 Å². The number of para-hydroxylation sites is 2. The first-order valence-electron chi connectivity index (χ1n) is 6.15. The van der Waals surface area contributed by atoms with E-state index >= 15 is 0 Å². The third-order valence-corrected chi connectivity index (χ3v) is 4.10. The topological polar surface area (TPSA) is 47.3 Å². The molecule has 4 nitrogen and oxygen atoms in total. The molecule has 4 rings (SSSR count). The van der Waals surface area contributed by atoms with Crippen LogP contribution in [-0.4, -0.2) is 14.4 Å². The normalized spacial score (nSPS) is 12.5. The standard InChI is InChI=1S/C15H9N3OS/c19-14-13(8-10-4-3-7-16-9-10)20-15-17-11-5-1-2-6-12(11)18(14)15/h1-9H/b13-8+. The van der Waals surface area contributed by atoms with Crippen molar-refractivity contribution in [2.24, 2.45) is 0 Å². The molecule has 0 radical (unpaired) electrons. The van der Waals surface area contributed by atoms with Crippen LogP contribution >= 0.6 is 11.3 Å². The molecular weight excluding hydrogens is 270 g/mol. The first-order chi connectivity index (χ1) is 9.83. The molecule has 0 N–H and O–H groups in total. The lowest BCUT2D eigenvalue weighted by Gasteiger charge is -1.88. The number of rotatable bonds is 1. The number of fused-ring (bicyclic) bond motifs is 3. The molecule has 0 bridgehead atoms. The molecule has 0 aliphatic rings. The second-order valence-corrected chi connectivity index (χ2v) is 5.43. The van der Waals surface area contributed by atoms with Gasteiger partial charge in [-0.15, -0.1) is 0 Å². The van der Waals surface area contributed by atoms with Crippen LogP contribution in [0.3, 0.4) is 0 Å². The molecule has 0 aliphatic carbocycles. The summed E-state index contributed by atoms with van der Waals surface area (Å²) in [4.78, 5) is 21.8. The van der Waals surface area contributed by atoms with Crippen LogP contribution in [0.4, 0.5) is 0 Å². The van der Waals surface area contributed by atoms with Gasteiger partial charge >= 0.3 is 0 Å². The van der Waals surface area contributed by atoms with E-state index in [4.69, 9.17) is 0 Å². The Bertz CT molecular complexity index is 1020. The number of benzene rings is 1. The van der Waals surface area contributed by atoms with E-state index in [1.807, 2.05) is 42.5 Å². The largest absolute Gasteiger partial charge is 0.274 e. The molecule has 96 valence electrons. The lowest BCUT2D eigenvalue weighted by molar-refractivity contribution is 1.19. The average Bonchev–Trinajstić information content (AvgIpc) is 2.98. The predicted octanol–water partition coefficient (Wildman–Crippen LogP) is 1.85. The Morgan fingerprint density at radius 2 is 2.05 bits per heavy atom. The molecule has 4 aromatic rings. The van der Waals surface area contributed by atoms with Crippen LogP contribution in [0.5, 0.6) is 0 Å². The molecule has 20 heavy (non-hydrogen) atoms. The van der Waals surface area contributed by atoms with E-state index in [0.29, 0.717) is 4.53 Å². The van der Waals surface area contributed by atoms with Crippen LogP contribution in [0.1, 0.15) is 5.56 Å². The molecule has 0 atom stereocenters. The number of thiazole rings is 1. The van der Waals surface area contributed by atoms with Gasteiger partial charge in [-0.05, 0) is 29.8 Å². The fraction of sp³-hybridized carbons (Fsp3) is 0. The van der Waals surface area contributed by atoms with Gasteiger partial charge in [-0.2, -0.15) is 0 Å². The lowest BCUT2D eigenvalue weighted by atomic mass is 10.3. The first kappa shape index (κ1) is 11.3. The molecule has 0 unspecified atom stereocenters. The monoisotopic (exact) mass is 279 g/mol. The smallest absolute Gasteiger partial charge is 0.267 e. The maximum atomic E-state index is 12.5. The minimum absolute atomic E-state index is 0.0254. The Morgan fingerprint density at radius 3 is 2.90 bits per heavy atom. The number of hydrogen-bond acceptors (Lipinski definition) is 4. The van der Waals surface area contributed by atoms with Crippen LogP contribution in [0.15, 0.2) is 53.6 Å². The zero-order chi connectivity index (χ0) is 13.5. The Morgan fingerprint density at radius 1 is 1.15 bits per heavy atom. The molecule has 0 saturated carbocycles. The summed E-state index contributed by atoms with van der Waals surface area (Å²) >= 11 is 1.40. The number of pyridine rings is 1. The fourth-order valence-electron chi connectivity index (χ4n) is 2.22. The number of nitrogens with zero attached hydrogens (tertiary/aromatic N) is 3. The van der Waals surface area contributed by atoms with E-state index in [2.05, 4.69) is 9.97 Å². The quantitative estimate of drug-likeness (QED) is 0.534. The summed E-state index contributed by atoms with van der Waals surface area (Å²) < 4.78 is 2.34. The van der Waals surface area contributed by atoms with Crippen molar-refractivity contribution in [3.05, 3.63) is 69.2 Å². The number of aromatic nitrogens is 3. The first-order valence-corrected chi connectivity index (χ1v) is 6.96. The summed E-state index contributed by atoms with van der Waals surface area (Å²) in [5.74, 6) is 0. The Labute approximate surface area is 117 Å². The molecule has 3 aromatic heterocycles. The molecular formula is C15H9N3OS. The summed E-state index contributed by atoms with van der Waals surface area (Å²) in [6, 6.07) is 11.4. The molecule has 3 heterocycles. The zero-order valence-electron chi connectivity index (χ0n) is 10.4. The van der Waals surface area contributed by atoms with Crippen molar-refractivity contribution < 1.29 is 0 Å². The van der Waals surface area contributed by atoms with E-state index in [1.54, 1.807) is 16.8 Å². The second kappa shape index (κ2) is 4.25. The van der Waals surface area contributed by atoms with Gasteiger partial charge in [-0.25, -0.2) is 9.38 Å². The second-order valence-electron chi connectivity index (χ2n) is 4.42. The zero-order valence-corrected chi connectivity index (χ0v) is 11.2. The maximum absolute atomic E-state index is 12.5. The van der Waals surface area contributed by atoms with Crippen molar-refractivity contribution in [3.8, 4) is 0 Å². The number of hydrogen-bond donors (Lipinski definition) is 0. The summed E-state index contributed by atoms with van der Waals surface area (Å²) in [6.45, 7) is 0. The third kappa shape index (κ3) is 1.64. The Kier molecular flexibility index (Phi) is 2.40. The Balaban J connectivity index is 2.06. The fourth-order valence-corrected chi connectivity index (χ4v) is 3.21. The molecule has 0 fully saturated rings. The predicted molar refractivity (Wildman–Crippen MR) is 79.9 cm³/mol. The highest BCUT2D eigenvalue weighted by Crippen LogP contribution is 2.15. The molecule has 0 saturated heterocycles. The van der Waals surface area contributed by atoms with E-state index in [1.165, 1.54) is 11.3 Å². The van der Waals surface area contributed by atoms with Gasteiger partial charge in [0.15, 0.2) is 4.96 Å². The van der Waals surface area contributed by atoms with Gasteiger partial charge in [0.2, 0.25) is 0 Å². The van der Waals surface area contributed by atoms with Gasteiger partial charge < -0.3 is 0 Å². The highest BCUT2D eigenvalue weighted by Gasteiger charge is 2.10. The van der Waals surface area contributed by atoms with Crippen LogP contribution in [-0.2, 0) is 0 Å². The van der Waals surface area contributed by atoms with E-state index in [-0.39, 0.29) is 5.56 Å². The van der Waals surface area contributed by atoms with Crippen molar-refractivity contribution in [3.63, 3.8) is 0 Å². The maximum Gasteiger partial charge on any atom is 0.274 e. The van der Waals surface area contributed by atoms with E-state index in [9.17, 15) is 4.79 Å². The highest BCUT2D eigenvalue weighted by atomic mass is 32.1. The van der Waals surface area contributed by atoms with Gasteiger partial charge in [-0.1, -0.05) is 29.5 Å². The van der Waals surface area contributed by atoms with Crippen molar-refractivity contribution in [1.29, 1.82) is 0 Å². The molecule has 5 heteroatoms. The summed E-state index contributed by atoms with van der Waals surface area (Å²) in [5.41, 5.74) is 2.60. The Hall–Kier alpha value is -2.53. The lowest BCUT2D eigenvalue weighted by Crippen LogP contribution is -2.22. The van der Waals surface area contributed by atoms with Crippen molar-refractivity contribution >= 4 is 33.4 Å². The van der Waals surface area contributed by atoms with Gasteiger partial charge in [0.05, 0.1) is 15.6 Å². The minimum atomic E-state index is -0.0254. The van der Waals surface area contributed by atoms with Crippen molar-refractivity contribution in [2.45, 2.75) is 0 Å². The van der Waals surface area contributed by atoms with Crippen LogP contribution in [0.2, 0.25) is 0 Å². The minimum Gasteiger partial charge on any atom is -0.267 e. The highest BCUT2D eigenvalue weighted by molar-refractivity contribution is 7.15. The van der Waals surface area contributed by atoms with Gasteiger partial charge in [-0.3, -0.25) is 9.78 Å². The van der Waals surface area contributed by atoms with Gasteiger partial charge in [0.1, 0.15) is 0 Å². The summed E-state index contributed by atoms with van der Waals surface area (Å²) in [5, 5.41) is 0. The van der Waals surface area contributed by atoms with E-state index in [0.717, 1.165) is 21.6 Å². The van der Waals surface area contributed by atoms with Gasteiger partial charge in [0.25, 0.3) is 5.56 Å².